The van der Waals surface area contributed by atoms with Gasteiger partial charge in [-0.2, -0.15) is 0 Å². The SMILES string of the molecule is CC1(C(C)(CN)N(Cc2ccco2)C2CC2)CC1. The van der Waals surface area contributed by atoms with Crippen LogP contribution in [0.1, 0.15) is 45.3 Å². The van der Waals surface area contributed by atoms with Crippen molar-refractivity contribution in [3.8, 4) is 0 Å². The molecule has 18 heavy (non-hydrogen) atoms. The molecule has 2 fully saturated rings. The topological polar surface area (TPSA) is 42.4 Å². The van der Waals surface area contributed by atoms with Gasteiger partial charge in [-0.3, -0.25) is 4.90 Å². The highest BCUT2D eigenvalue weighted by Crippen LogP contribution is 2.57. The third kappa shape index (κ3) is 1.90. The predicted molar refractivity (Wildman–Crippen MR) is 72.1 cm³/mol. The van der Waals surface area contributed by atoms with Crippen LogP contribution in [0.4, 0.5) is 0 Å². The van der Waals surface area contributed by atoms with E-state index in [1.807, 2.05) is 6.07 Å². The first-order valence-electron chi connectivity index (χ1n) is 7.08. The van der Waals surface area contributed by atoms with E-state index in [1.54, 1.807) is 6.26 Å². The summed E-state index contributed by atoms with van der Waals surface area (Å²) >= 11 is 0. The molecular weight excluding hydrogens is 224 g/mol. The fourth-order valence-electron chi connectivity index (χ4n) is 3.10. The summed E-state index contributed by atoms with van der Waals surface area (Å²) in [5.41, 5.74) is 6.67. The quantitative estimate of drug-likeness (QED) is 0.841. The lowest BCUT2D eigenvalue weighted by molar-refractivity contribution is 0.0268. The second-order valence-corrected chi connectivity index (χ2v) is 6.48. The van der Waals surface area contributed by atoms with E-state index in [1.165, 1.54) is 25.7 Å². The van der Waals surface area contributed by atoms with Gasteiger partial charge in [0, 0.05) is 18.1 Å². The van der Waals surface area contributed by atoms with Gasteiger partial charge in [0.15, 0.2) is 0 Å². The number of hydrogen-bond acceptors (Lipinski definition) is 3. The summed E-state index contributed by atoms with van der Waals surface area (Å²) in [7, 11) is 0. The molecule has 2 saturated carbocycles. The van der Waals surface area contributed by atoms with Crippen molar-refractivity contribution in [1.29, 1.82) is 0 Å². The minimum atomic E-state index is 0.112. The van der Waals surface area contributed by atoms with E-state index in [0.29, 0.717) is 11.5 Å². The summed E-state index contributed by atoms with van der Waals surface area (Å²) in [4.78, 5) is 2.61. The van der Waals surface area contributed by atoms with Crippen molar-refractivity contribution in [3.63, 3.8) is 0 Å². The fourth-order valence-corrected chi connectivity index (χ4v) is 3.10. The zero-order valence-electron chi connectivity index (χ0n) is 11.5. The van der Waals surface area contributed by atoms with E-state index < -0.39 is 0 Å². The molecule has 2 aliphatic rings. The van der Waals surface area contributed by atoms with E-state index in [0.717, 1.165) is 18.8 Å². The Labute approximate surface area is 109 Å². The van der Waals surface area contributed by atoms with Gasteiger partial charge < -0.3 is 10.2 Å². The molecule has 0 bridgehead atoms. The molecule has 0 aromatic carbocycles. The molecule has 2 N–H and O–H groups in total. The van der Waals surface area contributed by atoms with E-state index in [2.05, 4.69) is 24.8 Å². The summed E-state index contributed by atoms with van der Waals surface area (Å²) in [6, 6.07) is 4.75. The maximum Gasteiger partial charge on any atom is 0.117 e. The Hall–Kier alpha value is -0.800. The first-order valence-corrected chi connectivity index (χ1v) is 7.08. The number of hydrogen-bond donors (Lipinski definition) is 1. The largest absolute Gasteiger partial charge is 0.468 e. The minimum Gasteiger partial charge on any atom is -0.468 e. The predicted octanol–water partition coefficient (Wildman–Crippen LogP) is 2.76. The Morgan fingerprint density at radius 2 is 2.22 bits per heavy atom. The molecule has 1 heterocycles. The molecule has 1 unspecified atom stereocenters. The van der Waals surface area contributed by atoms with Crippen LogP contribution in [0.5, 0.6) is 0 Å². The van der Waals surface area contributed by atoms with Crippen molar-refractivity contribution in [2.45, 2.75) is 57.7 Å². The minimum absolute atomic E-state index is 0.112. The van der Waals surface area contributed by atoms with E-state index >= 15 is 0 Å². The summed E-state index contributed by atoms with van der Waals surface area (Å²) < 4.78 is 5.53. The highest BCUT2D eigenvalue weighted by Gasteiger charge is 2.57. The van der Waals surface area contributed by atoms with Gasteiger partial charge in [0.05, 0.1) is 12.8 Å². The first kappa shape index (κ1) is 12.2. The van der Waals surface area contributed by atoms with Crippen molar-refractivity contribution in [2.75, 3.05) is 6.54 Å². The van der Waals surface area contributed by atoms with Crippen LogP contribution in [0, 0.1) is 5.41 Å². The second-order valence-electron chi connectivity index (χ2n) is 6.48. The summed E-state index contributed by atoms with van der Waals surface area (Å²) in [6.45, 7) is 6.38. The van der Waals surface area contributed by atoms with Gasteiger partial charge in [-0.25, -0.2) is 0 Å². The van der Waals surface area contributed by atoms with Gasteiger partial charge in [-0.15, -0.1) is 0 Å². The van der Waals surface area contributed by atoms with Crippen molar-refractivity contribution in [1.82, 2.24) is 4.90 Å². The van der Waals surface area contributed by atoms with Crippen molar-refractivity contribution in [3.05, 3.63) is 24.2 Å². The third-order valence-corrected chi connectivity index (χ3v) is 5.23. The molecule has 1 aromatic heterocycles. The monoisotopic (exact) mass is 248 g/mol. The summed E-state index contributed by atoms with van der Waals surface area (Å²) in [6.07, 6.45) is 7.00. The van der Waals surface area contributed by atoms with Crippen LogP contribution in [0.2, 0.25) is 0 Å². The second kappa shape index (κ2) is 4.10. The maximum absolute atomic E-state index is 6.16. The lowest BCUT2D eigenvalue weighted by Crippen LogP contribution is -2.57. The molecule has 2 aliphatic carbocycles. The number of furan rings is 1. The standard InChI is InChI=1S/C15H24N2O/c1-14(7-8-14)15(2,11-16)17(12-5-6-12)10-13-4-3-9-18-13/h3-4,9,12H,5-8,10-11,16H2,1-2H3. The number of nitrogens with two attached hydrogens (primary N) is 1. The van der Waals surface area contributed by atoms with Crippen LogP contribution < -0.4 is 5.73 Å². The summed E-state index contributed by atoms with van der Waals surface area (Å²) in [5, 5.41) is 0. The lowest BCUT2D eigenvalue weighted by atomic mass is 9.81. The van der Waals surface area contributed by atoms with Crippen molar-refractivity contribution >= 4 is 0 Å². The Kier molecular flexibility index (Phi) is 2.79. The molecule has 0 amide bonds. The van der Waals surface area contributed by atoms with E-state index in [-0.39, 0.29) is 5.54 Å². The van der Waals surface area contributed by atoms with Crippen LogP contribution in [0.25, 0.3) is 0 Å². The van der Waals surface area contributed by atoms with Gasteiger partial charge in [0.2, 0.25) is 0 Å². The van der Waals surface area contributed by atoms with Gasteiger partial charge in [0.1, 0.15) is 5.76 Å². The van der Waals surface area contributed by atoms with Gasteiger partial charge in [-0.1, -0.05) is 6.92 Å². The van der Waals surface area contributed by atoms with Gasteiger partial charge >= 0.3 is 0 Å². The lowest BCUT2D eigenvalue weighted by Gasteiger charge is -2.45. The Balaban J connectivity index is 1.84. The van der Waals surface area contributed by atoms with Crippen molar-refractivity contribution < 1.29 is 4.42 Å². The first-order chi connectivity index (χ1) is 8.59. The Morgan fingerprint density at radius 1 is 1.50 bits per heavy atom. The van der Waals surface area contributed by atoms with Gasteiger partial charge in [0.25, 0.3) is 0 Å². The van der Waals surface area contributed by atoms with Crippen LogP contribution in [-0.4, -0.2) is 23.0 Å². The molecule has 100 valence electrons. The molecule has 3 nitrogen and oxygen atoms in total. The van der Waals surface area contributed by atoms with Crippen LogP contribution in [0.15, 0.2) is 22.8 Å². The Morgan fingerprint density at radius 3 is 2.67 bits per heavy atom. The normalized spacial score (nSPS) is 25.1. The molecule has 3 rings (SSSR count). The smallest absolute Gasteiger partial charge is 0.117 e. The van der Waals surface area contributed by atoms with Crippen LogP contribution in [0.3, 0.4) is 0 Å². The van der Waals surface area contributed by atoms with Crippen LogP contribution in [-0.2, 0) is 6.54 Å². The zero-order chi connectivity index (χ0) is 12.8. The van der Waals surface area contributed by atoms with E-state index in [9.17, 15) is 0 Å². The molecule has 0 aliphatic heterocycles. The van der Waals surface area contributed by atoms with Crippen LogP contribution >= 0.6 is 0 Å². The zero-order valence-corrected chi connectivity index (χ0v) is 11.5. The highest BCUT2D eigenvalue weighted by atomic mass is 16.3. The summed E-state index contributed by atoms with van der Waals surface area (Å²) in [5.74, 6) is 1.06. The average molecular weight is 248 g/mol. The Bertz CT molecular complexity index is 406. The van der Waals surface area contributed by atoms with Gasteiger partial charge in [-0.05, 0) is 50.2 Å². The highest BCUT2D eigenvalue weighted by molar-refractivity contribution is 5.13. The molecular formula is C15H24N2O. The van der Waals surface area contributed by atoms with E-state index in [4.69, 9.17) is 10.2 Å². The molecule has 0 spiro atoms. The average Bonchev–Trinajstić information content (AvgIpc) is 3.28. The fraction of sp³-hybridized carbons (Fsp3) is 0.733. The molecule has 1 aromatic rings. The molecule has 3 heteroatoms. The number of rotatable bonds is 6. The maximum atomic E-state index is 6.16. The molecule has 0 radical (unpaired) electrons. The third-order valence-electron chi connectivity index (χ3n) is 5.23. The molecule has 1 atom stereocenters. The molecule has 0 saturated heterocycles. The number of nitrogens with zero attached hydrogens (tertiary/aromatic N) is 1. The van der Waals surface area contributed by atoms with Crippen molar-refractivity contribution in [2.24, 2.45) is 11.1 Å².